The molecule has 10 heteroatoms. The van der Waals surface area contributed by atoms with E-state index >= 15 is 0 Å². The van der Waals surface area contributed by atoms with E-state index in [1.54, 1.807) is 0 Å². The summed E-state index contributed by atoms with van der Waals surface area (Å²) in [4.78, 5) is 34.9. The Kier molecular flexibility index (Phi) is 42.4. The van der Waals surface area contributed by atoms with Crippen LogP contribution in [-0.2, 0) is 32.7 Å². The molecule has 0 aliphatic heterocycles. The summed E-state index contributed by atoms with van der Waals surface area (Å²) in [7, 11) is -4.37. The molecule has 56 heavy (non-hydrogen) atoms. The van der Waals surface area contributed by atoms with Crippen molar-refractivity contribution in [3.63, 3.8) is 0 Å². The standard InChI is InChI=1S/C46H90NO8P/c1-3-5-7-9-11-13-15-17-19-21-23-25-27-29-31-33-35-37-39-46(49)55-44(43-54-56(50,51)53-41-40-47)42-52-45(48)38-36-34-32-30-28-26-24-22-20-18-16-14-12-10-8-6-4-2/h19,21,44H,3-18,20,22-43,47H2,1-2H3,(H,50,51)/b21-19-. The average molecular weight is 816 g/mol. The molecule has 9 nitrogen and oxygen atoms in total. The van der Waals surface area contributed by atoms with Crippen LogP contribution in [-0.4, -0.2) is 49.3 Å². The first-order valence-electron chi connectivity index (χ1n) is 23.7. The first kappa shape index (κ1) is 54.8. The van der Waals surface area contributed by atoms with Crippen LogP contribution >= 0.6 is 7.82 Å². The summed E-state index contributed by atoms with van der Waals surface area (Å²) in [5.74, 6) is -0.820. The zero-order chi connectivity index (χ0) is 41.1. The number of hydrogen-bond donors (Lipinski definition) is 2. The predicted molar refractivity (Wildman–Crippen MR) is 234 cm³/mol. The lowest BCUT2D eigenvalue weighted by Gasteiger charge is -2.19. The van der Waals surface area contributed by atoms with Crippen LogP contribution in [0.5, 0.6) is 0 Å². The molecule has 332 valence electrons. The van der Waals surface area contributed by atoms with Crippen molar-refractivity contribution in [3.8, 4) is 0 Å². The number of ether oxygens (including phenoxy) is 2. The molecule has 0 aromatic rings. The monoisotopic (exact) mass is 816 g/mol. The Morgan fingerprint density at radius 1 is 0.518 bits per heavy atom. The van der Waals surface area contributed by atoms with Crippen molar-refractivity contribution >= 4 is 19.8 Å². The summed E-state index contributed by atoms with van der Waals surface area (Å²) < 4.78 is 32.9. The fourth-order valence-electron chi connectivity index (χ4n) is 6.87. The van der Waals surface area contributed by atoms with Gasteiger partial charge in [0.2, 0.25) is 0 Å². The second-order valence-electron chi connectivity index (χ2n) is 16.0. The van der Waals surface area contributed by atoms with Gasteiger partial charge in [-0.15, -0.1) is 0 Å². The molecule has 3 N–H and O–H groups in total. The molecule has 0 saturated heterocycles. The molecule has 2 atom stereocenters. The number of carbonyl (C=O) groups excluding carboxylic acids is 2. The number of phosphoric acid groups is 1. The highest BCUT2D eigenvalue weighted by atomic mass is 31.2. The molecule has 0 spiro atoms. The van der Waals surface area contributed by atoms with E-state index in [1.165, 1.54) is 161 Å². The number of carbonyl (C=O) groups is 2. The second-order valence-corrected chi connectivity index (χ2v) is 17.4. The Morgan fingerprint density at radius 3 is 1.27 bits per heavy atom. The van der Waals surface area contributed by atoms with Gasteiger partial charge in [0, 0.05) is 19.4 Å². The third-order valence-electron chi connectivity index (χ3n) is 10.4. The van der Waals surface area contributed by atoms with Crippen LogP contribution in [0, 0.1) is 0 Å². The van der Waals surface area contributed by atoms with Crippen molar-refractivity contribution in [3.05, 3.63) is 12.2 Å². The van der Waals surface area contributed by atoms with E-state index in [1.807, 2.05) is 0 Å². The summed E-state index contributed by atoms with van der Waals surface area (Å²) in [6.07, 6.45) is 45.2. The molecule has 0 rings (SSSR count). The quantitative estimate of drug-likeness (QED) is 0.0266. The van der Waals surface area contributed by atoms with Gasteiger partial charge in [-0.25, -0.2) is 4.57 Å². The smallest absolute Gasteiger partial charge is 0.462 e. The van der Waals surface area contributed by atoms with Gasteiger partial charge in [-0.1, -0.05) is 199 Å². The minimum Gasteiger partial charge on any atom is -0.462 e. The summed E-state index contributed by atoms with van der Waals surface area (Å²) in [6, 6.07) is 0. The predicted octanol–water partition coefficient (Wildman–Crippen LogP) is 13.8. The molecule has 2 unspecified atom stereocenters. The molecule has 0 radical (unpaired) electrons. The number of unbranched alkanes of at least 4 members (excludes halogenated alkanes) is 30. The van der Waals surface area contributed by atoms with Gasteiger partial charge in [-0.05, 0) is 38.5 Å². The highest BCUT2D eigenvalue weighted by molar-refractivity contribution is 7.47. The van der Waals surface area contributed by atoms with Gasteiger partial charge in [0.15, 0.2) is 6.10 Å². The van der Waals surface area contributed by atoms with Crippen LogP contribution in [0.25, 0.3) is 0 Å². The van der Waals surface area contributed by atoms with Gasteiger partial charge in [0.1, 0.15) is 6.61 Å². The third kappa shape index (κ3) is 42.4. The Morgan fingerprint density at radius 2 is 0.875 bits per heavy atom. The lowest BCUT2D eigenvalue weighted by Crippen LogP contribution is -2.29. The number of rotatable bonds is 45. The van der Waals surface area contributed by atoms with Gasteiger partial charge < -0.3 is 20.1 Å². The van der Waals surface area contributed by atoms with Crippen molar-refractivity contribution in [2.45, 2.75) is 245 Å². The number of allylic oxidation sites excluding steroid dienone is 2. The van der Waals surface area contributed by atoms with E-state index in [4.69, 9.17) is 24.3 Å². The summed E-state index contributed by atoms with van der Waals surface area (Å²) >= 11 is 0. The van der Waals surface area contributed by atoms with Crippen LogP contribution in [0.2, 0.25) is 0 Å². The normalized spacial score (nSPS) is 13.3. The Balaban J connectivity index is 4.07. The molecule has 0 aromatic heterocycles. The van der Waals surface area contributed by atoms with Crippen LogP contribution in [0.4, 0.5) is 0 Å². The lowest BCUT2D eigenvalue weighted by molar-refractivity contribution is -0.161. The number of esters is 2. The summed E-state index contributed by atoms with van der Waals surface area (Å²) in [6.45, 7) is 3.77. The van der Waals surface area contributed by atoms with Gasteiger partial charge in [0.05, 0.1) is 13.2 Å². The van der Waals surface area contributed by atoms with Crippen molar-refractivity contribution in [2.24, 2.45) is 5.73 Å². The van der Waals surface area contributed by atoms with Crippen LogP contribution in [0.15, 0.2) is 12.2 Å². The first-order chi connectivity index (χ1) is 27.3. The van der Waals surface area contributed by atoms with Crippen molar-refractivity contribution < 1.29 is 37.6 Å². The molecule has 0 bridgehead atoms. The zero-order valence-corrected chi connectivity index (χ0v) is 37.5. The van der Waals surface area contributed by atoms with Crippen LogP contribution in [0.3, 0.4) is 0 Å². The van der Waals surface area contributed by atoms with E-state index < -0.39 is 26.5 Å². The minimum absolute atomic E-state index is 0.0556. The molecule has 0 aliphatic rings. The van der Waals surface area contributed by atoms with Crippen molar-refractivity contribution in [2.75, 3.05) is 26.4 Å². The molecular formula is C46H90NO8P. The minimum atomic E-state index is -4.37. The fraction of sp³-hybridized carbons (Fsp3) is 0.913. The number of phosphoric ester groups is 1. The molecule has 0 heterocycles. The topological polar surface area (TPSA) is 134 Å². The fourth-order valence-corrected chi connectivity index (χ4v) is 7.63. The molecule has 0 fully saturated rings. The largest absolute Gasteiger partial charge is 0.472 e. The van der Waals surface area contributed by atoms with Crippen molar-refractivity contribution in [1.29, 1.82) is 0 Å². The maximum absolute atomic E-state index is 12.6. The van der Waals surface area contributed by atoms with Crippen LogP contribution < -0.4 is 5.73 Å². The number of hydrogen-bond acceptors (Lipinski definition) is 8. The first-order valence-corrected chi connectivity index (χ1v) is 25.2. The summed E-state index contributed by atoms with van der Waals surface area (Å²) in [5, 5.41) is 0. The van der Waals surface area contributed by atoms with Gasteiger partial charge in [-0.2, -0.15) is 0 Å². The van der Waals surface area contributed by atoms with Gasteiger partial charge >= 0.3 is 19.8 Å². The van der Waals surface area contributed by atoms with Crippen LogP contribution in [0.1, 0.15) is 239 Å². The van der Waals surface area contributed by atoms with E-state index in [0.29, 0.717) is 6.42 Å². The highest BCUT2D eigenvalue weighted by Gasteiger charge is 2.26. The SMILES string of the molecule is CCCCCCCCC/C=C\CCCCCCCCCC(=O)OC(COC(=O)CCCCCCCCCCCCCCCCCCC)COP(=O)(O)OCCN. The van der Waals surface area contributed by atoms with E-state index in [2.05, 4.69) is 26.0 Å². The lowest BCUT2D eigenvalue weighted by atomic mass is 10.0. The van der Waals surface area contributed by atoms with E-state index in [-0.39, 0.29) is 38.6 Å². The van der Waals surface area contributed by atoms with Gasteiger partial charge in [0.25, 0.3) is 0 Å². The van der Waals surface area contributed by atoms with Gasteiger partial charge in [-0.3, -0.25) is 18.6 Å². The van der Waals surface area contributed by atoms with E-state index in [0.717, 1.165) is 44.9 Å². The molecule has 0 aliphatic carbocycles. The zero-order valence-electron chi connectivity index (χ0n) is 36.6. The number of nitrogens with two attached hydrogens (primary N) is 1. The maximum atomic E-state index is 12.6. The Bertz CT molecular complexity index is 933. The highest BCUT2D eigenvalue weighted by Crippen LogP contribution is 2.43. The van der Waals surface area contributed by atoms with Crippen molar-refractivity contribution in [1.82, 2.24) is 0 Å². The van der Waals surface area contributed by atoms with E-state index in [9.17, 15) is 19.0 Å². The Labute approximate surface area is 345 Å². The Hall–Kier alpha value is -1.25. The molecule has 0 saturated carbocycles. The molecule has 0 aromatic carbocycles. The third-order valence-corrected chi connectivity index (χ3v) is 11.4. The summed E-state index contributed by atoms with van der Waals surface area (Å²) in [5.41, 5.74) is 5.36. The molecule has 0 amide bonds. The average Bonchev–Trinajstić information content (AvgIpc) is 3.18. The molecular weight excluding hydrogens is 725 g/mol. The second kappa shape index (κ2) is 43.3. The maximum Gasteiger partial charge on any atom is 0.472 e.